The highest BCUT2D eigenvalue weighted by molar-refractivity contribution is 7.92. The average molecular weight is 450 g/mol. The van der Waals surface area contributed by atoms with Gasteiger partial charge in [0.25, 0.3) is 5.91 Å². The molecule has 10 heteroatoms. The van der Waals surface area contributed by atoms with Crippen molar-refractivity contribution >= 4 is 62.1 Å². The lowest BCUT2D eigenvalue weighted by Crippen LogP contribution is -2.35. The van der Waals surface area contributed by atoms with Gasteiger partial charge in [0.05, 0.1) is 11.9 Å². The van der Waals surface area contributed by atoms with E-state index in [4.69, 9.17) is 39.5 Å². The summed E-state index contributed by atoms with van der Waals surface area (Å²) in [5.41, 5.74) is 0.716. The summed E-state index contributed by atoms with van der Waals surface area (Å²) in [6.45, 7) is 0.0700. The van der Waals surface area contributed by atoms with Crippen molar-refractivity contribution in [3.05, 3.63) is 51.5 Å². The molecule has 1 atom stereocenters. The molecule has 2 aromatic rings. The summed E-state index contributed by atoms with van der Waals surface area (Å²) in [4.78, 5) is 12.7. The van der Waals surface area contributed by atoms with E-state index < -0.39 is 22.0 Å². The Morgan fingerprint density at radius 2 is 1.78 bits per heavy atom. The predicted octanol–water partition coefficient (Wildman–Crippen LogP) is 4.20. The van der Waals surface area contributed by atoms with Crippen molar-refractivity contribution in [2.24, 2.45) is 0 Å². The number of benzene rings is 2. The van der Waals surface area contributed by atoms with E-state index in [1.54, 1.807) is 24.3 Å². The zero-order valence-electron chi connectivity index (χ0n) is 14.1. The third kappa shape index (κ3) is 4.79. The molecule has 1 heterocycles. The molecular weight excluding hydrogens is 435 g/mol. The minimum Gasteiger partial charge on any atom is -0.478 e. The third-order valence-corrected chi connectivity index (χ3v) is 5.73. The Balaban J connectivity index is 1.88. The maximum Gasteiger partial charge on any atom is 0.265 e. The van der Waals surface area contributed by atoms with Crippen LogP contribution in [-0.4, -0.2) is 33.2 Å². The van der Waals surface area contributed by atoms with E-state index in [1.165, 1.54) is 16.4 Å². The Morgan fingerprint density at radius 3 is 2.41 bits per heavy atom. The fourth-order valence-corrected chi connectivity index (χ4v) is 4.36. The van der Waals surface area contributed by atoms with Gasteiger partial charge in [0, 0.05) is 33.7 Å². The van der Waals surface area contributed by atoms with Gasteiger partial charge in [-0.15, -0.1) is 0 Å². The van der Waals surface area contributed by atoms with E-state index in [9.17, 15) is 13.2 Å². The number of nitrogens with zero attached hydrogens (tertiary/aromatic N) is 1. The molecule has 144 valence electrons. The minimum absolute atomic E-state index is 0.0700. The molecule has 2 aromatic carbocycles. The van der Waals surface area contributed by atoms with Crippen molar-refractivity contribution in [3.63, 3.8) is 0 Å². The van der Waals surface area contributed by atoms with Crippen molar-refractivity contribution in [1.29, 1.82) is 0 Å². The molecule has 27 heavy (non-hydrogen) atoms. The Morgan fingerprint density at radius 1 is 1.11 bits per heavy atom. The Hall–Kier alpha value is -1.67. The second-order valence-corrected chi connectivity index (χ2v) is 9.21. The fraction of sp³-hybridized carbons (Fsp3) is 0.235. The molecule has 1 N–H and O–H groups in total. The summed E-state index contributed by atoms with van der Waals surface area (Å²) < 4.78 is 31.3. The van der Waals surface area contributed by atoms with Crippen LogP contribution in [0.4, 0.5) is 11.4 Å². The van der Waals surface area contributed by atoms with Crippen LogP contribution in [0, 0.1) is 0 Å². The second-order valence-electron chi connectivity index (χ2n) is 5.99. The van der Waals surface area contributed by atoms with Gasteiger partial charge in [-0.05, 0) is 36.4 Å². The number of halogens is 3. The van der Waals surface area contributed by atoms with Crippen LogP contribution in [0.5, 0.6) is 5.75 Å². The smallest absolute Gasteiger partial charge is 0.265 e. The van der Waals surface area contributed by atoms with Gasteiger partial charge in [-0.1, -0.05) is 34.8 Å². The van der Waals surface area contributed by atoms with E-state index in [-0.39, 0.29) is 18.7 Å². The topological polar surface area (TPSA) is 75.7 Å². The number of rotatable bonds is 3. The van der Waals surface area contributed by atoms with E-state index in [1.807, 2.05) is 0 Å². The summed E-state index contributed by atoms with van der Waals surface area (Å²) in [7, 11) is -3.57. The molecule has 3 rings (SSSR count). The molecule has 1 unspecified atom stereocenters. The van der Waals surface area contributed by atoms with Crippen LogP contribution in [-0.2, 0) is 14.8 Å². The minimum atomic E-state index is -3.57. The first kappa shape index (κ1) is 20.1. The van der Waals surface area contributed by atoms with Crippen molar-refractivity contribution in [1.82, 2.24) is 0 Å². The van der Waals surface area contributed by atoms with Gasteiger partial charge in [0.1, 0.15) is 5.75 Å². The van der Waals surface area contributed by atoms with Crippen LogP contribution in [0.2, 0.25) is 15.1 Å². The first-order chi connectivity index (χ1) is 12.6. The second kappa shape index (κ2) is 7.75. The summed E-state index contributed by atoms with van der Waals surface area (Å²) >= 11 is 17.9. The van der Waals surface area contributed by atoms with Gasteiger partial charge < -0.3 is 10.1 Å². The largest absolute Gasteiger partial charge is 0.478 e. The van der Waals surface area contributed by atoms with Crippen molar-refractivity contribution in [2.45, 2.75) is 12.5 Å². The number of sulfonamides is 1. The average Bonchev–Trinajstić information content (AvgIpc) is 2.72. The Bertz CT molecular complexity index is 977. The molecule has 0 spiro atoms. The van der Waals surface area contributed by atoms with E-state index in [0.717, 1.165) is 6.26 Å². The van der Waals surface area contributed by atoms with Crippen LogP contribution >= 0.6 is 34.8 Å². The van der Waals surface area contributed by atoms with Gasteiger partial charge in [0.15, 0.2) is 6.10 Å². The highest BCUT2D eigenvalue weighted by atomic mass is 35.5. The maximum atomic E-state index is 12.7. The number of carbonyl (C=O) groups excluding carboxylic acids is 1. The van der Waals surface area contributed by atoms with Crippen LogP contribution in [0.25, 0.3) is 0 Å². The summed E-state index contributed by atoms with van der Waals surface area (Å²) in [6, 6.07) is 9.26. The summed E-state index contributed by atoms with van der Waals surface area (Å²) in [6.07, 6.45) is 0.334. The summed E-state index contributed by atoms with van der Waals surface area (Å²) in [5.74, 6) is -0.184. The molecule has 0 saturated heterocycles. The van der Waals surface area contributed by atoms with Gasteiger partial charge >= 0.3 is 0 Å². The quantitative estimate of drug-likeness (QED) is 0.762. The first-order valence-electron chi connectivity index (χ1n) is 7.84. The molecule has 0 saturated carbocycles. The number of nitrogens with one attached hydrogen (secondary N) is 1. The van der Waals surface area contributed by atoms with Crippen molar-refractivity contribution in [3.8, 4) is 5.75 Å². The number of fused-ring (bicyclic) bond motifs is 1. The normalized spacial score (nSPS) is 16.9. The number of hydrogen-bond acceptors (Lipinski definition) is 4. The molecule has 1 aliphatic heterocycles. The molecular formula is C17H15Cl3N2O4S. The zero-order valence-corrected chi connectivity index (χ0v) is 17.2. The highest BCUT2D eigenvalue weighted by Crippen LogP contribution is 2.36. The van der Waals surface area contributed by atoms with E-state index in [0.29, 0.717) is 26.4 Å². The van der Waals surface area contributed by atoms with Crippen LogP contribution < -0.4 is 14.4 Å². The van der Waals surface area contributed by atoms with Crippen LogP contribution in [0.15, 0.2) is 36.4 Å². The maximum absolute atomic E-state index is 12.7. The Labute approximate surface area is 172 Å². The number of anilines is 2. The van der Waals surface area contributed by atoms with E-state index in [2.05, 4.69) is 5.32 Å². The lowest BCUT2D eigenvalue weighted by Gasteiger charge is -2.21. The molecule has 1 amide bonds. The summed E-state index contributed by atoms with van der Waals surface area (Å²) in [5, 5.41) is 3.81. The van der Waals surface area contributed by atoms with Gasteiger partial charge in [0.2, 0.25) is 10.0 Å². The zero-order chi connectivity index (χ0) is 19.8. The fourth-order valence-electron chi connectivity index (χ4n) is 2.73. The third-order valence-electron chi connectivity index (χ3n) is 3.88. The monoisotopic (exact) mass is 448 g/mol. The number of hydrogen-bond donors (Lipinski definition) is 1. The molecule has 0 aliphatic carbocycles. The number of carbonyl (C=O) groups is 1. The molecule has 0 bridgehead atoms. The lowest BCUT2D eigenvalue weighted by atomic mass is 10.2. The first-order valence-corrected chi connectivity index (χ1v) is 10.8. The molecule has 0 fully saturated rings. The van der Waals surface area contributed by atoms with Gasteiger partial charge in [-0.25, -0.2) is 8.42 Å². The molecule has 0 aromatic heterocycles. The molecule has 0 radical (unpaired) electrons. The predicted molar refractivity (Wildman–Crippen MR) is 108 cm³/mol. The van der Waals surface area contributed by atoms with Crippen LogP contribution in [0.1, 0.15) is 6.42 Å². The van der Waals surface area contributed by atoms with Gasteiger partial charge in [-0.2, -0.15) is 0 Å². The molecule has 6 nitrogen and oxygen atoms in total. The number of ether oxygens (including phenoxy) is 1. The van der Waals surface area contributed by atoms with Gasteiger partial charge in [-0.3, -0.25) is 9.10 Å². The van der Waals surface area contributed by atoms with Crippen LogP contribution in [0.3, 0.4) is 0 Å². The lowest BCUT2D eigenvalue weighted by molar-refractivity contribution is -0.122. The SMILES string of the molecule is CS(=O)(=O)N1CCC(C(=O)Nc2cc(Cl)cc(Cl)c2)Oc2ccc(Cl)cc21. The standard InChI is InChI=1S/C17H15Cl3N2O4S/c1-27(24,25)22-5-4-16(26-15-3-2-10(18)9-14(15)22)17(23)21-13-7-11(19)6-12(20)8-13/h2-3,6-9,16H,4-5H2,1H3,(H,21,23). The highest BCUT2D eigenvalue weighted by Gasteiger charge is 2.31. The Kier molecular flexibility index (Phi) is 5.76. The number of amides is 1. The van der Waals surface area contributed by atoms with Crippen molar-refractivity contribution < 1.29 is 17.9 Å². The van der Waals surface area contributed by atoms with E-state index >= 15 is 0 Å². The molecule has 1 aliphatic rings. The van der Waals surface area contributed by atoms with Crippen molar-refractivity contribution in [2.75, 3.05) is 22.4 Å².